The Bertz CT molecular complexity index is 275. The Morgan fingerprint density at radius 3 is 1.76 bits per heavy atom. The number of aliphatic carboxylic acids is 2. The monoisotopic (exact) mass is 284 g/mol. The van der Waals surface area contributed by atoms with Crippen LogP contribution >= 0.6 is 24.4 Å². The maximum Gasteiger partial charge on any atom is 0.321 e. The highest BCUT2D eigenvalue weighted by molar-refractivity contribution is 8.13. The number of carboxylic acid groups (broad SMARTS) is 2. The summed E-state index contributed by atoms with van der Waals surface area (Å²) in [5.74, 6) is -1.75. The molecule has 0 bridgehead atoms. The van der Waals surface area contributed by atoms with Gasteiger partial charge in [0.25, 0.3) is 0 Å². The molecular formula is C8H16N2O5S2. The van der Waals surface area contributed by atoms with Gasteiger partial charge in [-0.15, -0.1) is 0 Å². The van der Waals surface area contributed by atoms with Crippen LogP contribution in [-0.2, 0) is 14.4 Å². The first kappa shape index (κ1) is 18.6. The van der Waals surface area contributed by atoms with Crippen LogP contribution in [0.3, 0.4) is 0 Å². The van der Waals surface area contributed by atoms with Crippen LogP contribution in [0.1, 0.15) is 6.92 Å². The van der Waals surface area contributed by atoms with Gasteiger partial charge in [-0.1, -0.05) is 11.8 Å². The third kappa shape index (κ3) is 13.2. The van der Waals surface area contributed by atoms with E-state index in [2.05, 4.69) is 12.6 Å². The number of carboxylic acids is 2. The predicted molar refractivity (Wildman–Crippen MR) is 68.2 cm³/mol. The first-order valence-corrected chi connectivity index (χ1v) is 6.05. The van der Waals surface area contributed by atoms with Crippen molar-refractivity contribution in [1.82, 2.24) is 0 Å². The second kappa shape index (κ2) is 10.4. The van der Waals surface area contributed by atoms with Crippen LogP contribution in [0, 0.1) is 0 Å². The molecule has 100 valence electrons. The highest BCUT2D eigenvalue weighted by Gasteiger charge is 2.11. The second-order valence-electron chi connectivity index (χ2n) is 2.87. The Morgan fingerprint density at radius 1 is 1.18 bits per heavy atom. The Hall–Kier alpha value is -0.770. The smallest absolute Gasteiger partial charge is 0.321 e. The standard InChI is InChI=1S/C5H9NO3S.C3H7NO2S/c1-3(7)10-2-4(6)5(8)9;4-2(1-7)3(5)6/h4H,2,6H2,1H3,(H,8,9);2,7H,1,4H2,(H,5,6). The Balaban J connectivity index is 0. The lowest BCUT2D eigenvalue weighted by molar-refractivity contribution is -0.138. The van der Waals surface area contributed by atoms with Gasteiger partial charge in [-0.2, -0.15) is 12.6 Å². The van der Waals surface area contributed by atoms with Gasteiger partial charge in [0.2, 0.25) is 0 Å². The normalized spacial score (nSPS) is 12.9. The molecule has 7 nitrogen and oxygen atoms in total. The topological polar surface area (TPSA) is 144 Å². The molecule has 0 aromatic rings. The number of rotatable bonds is 5. The molecule has 0 aliphatic carbocycles. The van der Waals surface area contributed by atoms with E-state index in [1.165, 1.54) is 6.92 Å². The van der Waals surface area contributed by atoms with Gasteiger partial charge in [0, 0.05) is 18.4 Å². The second-order valence-corrected chi connectivity index (χ2v) is 4.44. The van der Waals surface area contributed by atoms with E-state index in [0.717, 1.165) is 11.8 Å². The number of carbonyl (C=O) groups is 3. The summed E-state index contributed by atoms with van der Waals surface area (Å²) < 4.78 is 0. The summed E-state index contributed by atoms with van der Waals surface area (Å²) in [5.41, 5.74) is 10.0. The molecule has 9 heteroatoms. The number of thioether (sulfide) groups is 1. The maximum atomic E-state index is 10.3. The van der Waals surface area contributed by atoms with Crippen molar-refractivity contribution in [2.24, 2.45) is 11.5 Å². The number of carbonyl (C=O) groups excluding carboxylic acids is 1. The lowest BCUT2D eigenvalue weighted by atomic mass is 10.4. The van der Waals surface area contributed by atoms with Gasteiger partial charge in [0.1, 0.15) is 12.1 Å². The van der Waals surface area contributed by atoms with E-state index >= 15 is 0 Å². The zero-order valence-electron chi connectivity index (χ0n) is 9.20. The molecule has 0 radical (unpaired) electrons. The number of hydrogen-bond acceptors (Lipinski definition) is 7. The molecule has 0 aliphatic heterocycles. The van der Waals surface area contributed by atoms with Crippen molar-refractivity contribution in [3.05, 3.63) is 0 Å². The maximum absolute atomic E-state index is 10.3. The molecule has 0 rings (SSSR count). The summed E-state index contributed by atoms with van der Waals surface area (Å²) in [5, 5.41) is 16.1. The van der Waals surface area contributed by atoms with E-state index < -0.39 is 24.0 Å². The summed E-state index contributed by atoms with van der Waals surface area (Å²) in [6.45, 7) is 1.37. The fourth-order valence-electron chi connectivity index (χ4n) is 0.357. The van der Waals surface area contributed by atoms with Crippen LogP contribution in [0.5, 0.6) is 0 Å². The van der Waals surface area contributed by atoms with Gasteiger partial charge >= 0.3 is 11.9 Å². The summed E-state index contributed by atoms with van der Waals surface area (Å²) in [6.07, 6.45) is 0. The van der Waals surface area contributed by atoms with Gasteiger partial charge < -0.3 is 21.7 Å². The Kier molecular flexibility index (Phi) is 11.4. The molecule has 6 N–H and O–H groups in total. The van der Waals surface area contributed by atoms with E-state index in [1.54, 1.807) is 0 Å². The summed E-state index contributed by atoms with van der Waals surface area (Å²) >= 11 is 4.57. The first-order valence-electron chi connectivity index (χ1n) is 4.43. The van der Waals surface area contributed by atoms with Gasteiger partial charge in [-0.25, -0.2) is 0 Å². The zero-order chi connectivity index (χ0) is 14.0. The number of thiol groups is 1. The minimum absolute atomic E-state index is 0.114. The fraction of sp³-hybridized carbons (Fsp3) is 0.625. The van der Waals surface area contributed by atoms with E-state index in [9.17, 15) is 14.4 Å². The molecule has 0 aromatic carbocycles. The van der Waals surface area contributed by atoms with Gasteiger partial charge in [-0.05, 0) is 0 Å². The number of hydrogen-bond donors (Lipinski definition) is 5. The summed E-state index contributed by atoms with van der Waals surface area (Å²) in [4.78, 5) is 30.1. The fourth-order valence-corrected chi connectivity index (χ4v) is 1.07. The van der Waals surface area contributed by atoms with Crippen LogP contribution in [0.4, 0.5) is 0 Å². The van der Waals surface area contributed by atoms with Crippen LogP contribution in [0.15, 0.2) is 0 Å². The molecule has 0 fully saturated rings. The molecule has 0 saturated carbocycles. The van der Waals surface area contributed by atoms with Crippen LogP contribution < -0.4 is 11.5 Å². The van der Waals surface area contributed by atoms with Gasteiger partial charge in [-0.3, -0.25) is 14.4 Å². The molecule has 17 heavy (non-hydrogen) atoms. The highest BCUT2D eigenvalue weighted by Crippen LogP contribution is 2.01. The van der Waals surface area contributed by atoms with Crippen LogP contribution in [-0.4, -0.2) is 50.9 Å². The Morgan fingerprint density at radius 2 is 1.59 bits per heavy atom. The van der Waals surface area contributed by atoms with E-state index in [-0.39, 0.29) is 16.6 Å². The Labute approximate surface area is 108 Å². The highest BCUT2D eigenvalue weighted by atomic mass is 32.2. The van der Waals surface area contributed by atoms with Crippen LogP contribution in [0.2, 0.25) is 0 Å². The SMILES string of the molecule is CC(=O)SCC(N)C(=O)O.NC(CS)C(=O)O. The minimum Gasteiger partial charge on any atom is -0.480 e. The average molecular weight is 284 g/mol. The lowest BCUT2D eigenvalue weighted by Crippen LogP contribution is -2.32. The summed E-state index contributed by atoms with van der Waals surface area (Å²) in [7, 11) is 0. The lowest BCUT2D eigenvalue weighted by Gasteiger charge is -2.01. The molecule has 2 unspecified atom stereocenters. The molecule has 0 heterocycles. The van der Waals surface area contributed by atoms with E-state index in [0.29, 0.717) is 0 Å². The van der Waals surface area contributed by atoms with Crippen molar-refractivity contribution in [1.29, 1.82) is 0 Å². The van der Waals surface area contributed by atoms with Gasteiger partial charge in [0.05, 0.1) is 0 Å². The zero-order valence-corrected chi connectivity index (χ0v) is 10.9. The van der Waals surface area contributed by atoms with Crippen molar-refractivity contribution in [2.75, 3.05) is 11.5 Å². The first-order chi connectivity index (χ1) is 7.72. The minimum atomic E-state index is -1.08. The molecule has 0 amide bonds. The molecule has 0 spiro atoms. The van der Waals surface area contributed by atoms with Crippen molar-refractivity contribution < 1.29 is 24.6 Å². The third-order valence-electron chi connectivity index (χ3n) is 1.30. The molecule has 0 aromatic heterocycles. The number of nitrogens with two attached hydrogens (primary N) is 2. The molecule has 0 saturated heterocycles. The predicted octanol–water partition coefficient (Wildman–Crippen LogP) is -0.994. The quantitative estimate of drug-likeness (QED) is 0.405. The third-order valence-corrected chi connectivity index (χ3v) is 2.62. The molecule has 2 atom stereocenters. The van der Waals surface area contributed by atoms with Gasteiger partial charge in [0.15, 0.2) is 5.12 Å². The molecule has 0 aliphatic rings. The van der Waals surface area contributed by atoms with E-state index in [1.807, 2.05) is 0 Å². The summed E-state index contributed by atoms with van der Waals surface area (Å²) in [6, 6.07) is -1.75. The van der Waals surface area contributed by atoms with E-state index in [4.69, 9.17) is 21.7 Å². The molecular weight excluding hydrogens is 268 g/mol. The van der Waals surface area contributed by atoms with Crippen molar-refractivity contribution in [3.63, 3.8) is 0 Å². The van der Waals surface area contributed by atoms with Crippen LogP contribution in [0.25, 0.3) is 0 Å². The van der Waals surface area contributed by atoms with Crippen molar-refractivity contribution in [2.45, 2.75) is 19.0 Å². The van der Waals surface area contributed by atoms with Crippen molar-refractivity contribution >= 4 is 41.4 Å². The van der Waals surface area contributed by atoms with Crippen molar-refractivity contribution in [3.8, 4) is 0 Å². The largest absolute Gasteiger partial charge is 0.480 e. The average Bonchev–Trinajstić information content (AvgIpc) is 2.24.